The van der Waals surface area contributed by atoms with Gasteiger partial charge in [-0.15, -0.1) is 10.2 Å². The van der Waals surface area contributed by atoms with Gasteiger partial charge in [-0.05, 0) is 62.4 Å². The topological polar surface area (TPSA) is 298 Å². The Kier molecular flexibility index (Phi) is 14.4. The molecule has 0 spiro atoms. The van der Waals surface area contributed by atoms with Crippen LogP contribution in [-0.4, -0.2) is 36.7 Å². The van der Waals surface area contributed by atoms with Crippen molar-refractivity contribution in [3.05, 3.63) is 119 Å². The molecule has 6 aromatic rings. The van der Waals surface area contributed by atoms with Gasteiger partial charge in [0.1, 0.15) is 5.69 Å². The zero-order chi connectivity index (χ0) is 37.8. The Morgan fingerprint density at radius 3 is 1.74 bits per heavy atom. The Morgan fingerprint density at radius 1 is 0.741 bits per heavy atom. The second-order valence-corrected chi connectivity index (χ2v) is 13.8. The number of rotatable bonds is 8. The molecule has 0 saturated carbocycles. The van der Waals surface area contributed by atoms with Gasteiger partial charge >= 0.3 is 46.9 Å². The number of H-pyrrole nitrogens is 1. The number of primary sulfonamides is 1. The summed E-state index contributed by atoms with van der Waals surface area (Å²) in [6.45, 7) is 3.20. The molecule has 0 aliphatic carbocycles. The summed E-state index contributed by atoms with van der Waals surface area (Å²) in [5.74, 6) is -1.64. The fourth-order valence-corrected chi connectivity index (χ4v) is 5.52. The van der Waals surface area contributed by atoms with Crippen LogP contribution in [0.1, 0.15) is 11.4 Å². The number of nitrogens with zero attached hydrogens (tertiary/aromatic N) is 7. The third-order valence-electron chi connectivity index (χ3n) is 7.06. The Hall–Kier alpha value is -4.95. The fourth-order valence-electron chi connectivity index (χ4n) is 4.47. The van der Waals surface area contributed by atoms with Gasteiger partial charge in [0, 0.05) is 20.8 Å². The van der Waals surface area contributed by atoms with Gasteiger partial charge in [0.25, 0.3) is 5.56 Å². The molecule has 1 atom stereocenters. The van der Waals surface area contributed by atoms with Crippen LogP contribution in [0.3, 0.4) is 0 Å². The minimum atomic E-state index is -4.24. The maximum Gasteiger partial charge on any atom is 3.00 e. The number of azo groups is 2. The zero-order valence-corrected chi connectivity index (χ0v) is 33.3. The molecule has 0 fully saturated rings. The van der Waals surface area contributed by atoms with Crippen LogP contribution in [0.2, 0.25) is 0 Å². The van der Waals surface area contributed by atoms with E-state index < -0.39 is 43.0 Å². The van der Waals surface area contributed by atoms with Gasteiger partial charge in [-0.2, -0.15) is 15.3 Å². The van der Waals surface area contributed by atoms with Gasteiger partial charge in [0.05, 0.1) is 39.0 Å². The zero-order valence-electron chi connectivity index (χ0n) is 28.4. The molecule has 0 saturated heterocycles. The summed E-state index contributed by atoms with van der Waals surface area (Å²) in [7, 11) is -8.23. The summed E-state index contributed by atoms with van der Waals surface area (Å²) in [6, 6.07) is 23.6. The van der Waals surface area contributed by atoms with Crippen molar-refractivity contribution in [3.8, 4) is 28.8 Å². The first-order chi connectivity index (χ1) is 24.5. The molecule has 1 radical (unpaired) electrons. The van der Waals surface area contributed by atoms with Crippen LogP contribution in [-0.2, 0) is 37.4 Å². The average molecular weight is 818 g/mol. The molecule has 2 aromatic heterocycles. The van der Waals surface area contributed by atoms with Crippen molar-refractivity contribution < 1.29 is 79.4 Å². The molecule has 1 unspecified atom stereocenters. The van der Waals surface area contributed by atoms with Crippen LogP contribution < -0.4 is 55.6 Å². The summed E-state index contributed by atoms with van der Waals surface area (Å²) < 4.78 is 54.8. The number of sulfonamides is 1. The van der Waals surface area contributed by atoms with Gasteiger partial charge < -0.3 is 19.9 Å². The van der Waals surface area contributed by atoms with Crippen LogP contribution in [0, 0.1) is 18.6 Å². The molecule has 0 aliphatic rings. The van der Waals surface area contributed by atoms with E-state index in [2.05, 4.69) is 30.7 Å². The van der Waals surface area contributed by atoms with Crippen LogP contribution in [0.5, 0.6) is 17.4 Å². The van der Waals surface area contributed by atoms with E-state index in [0.29, 0.717) is 22.8 Å². The van der Waals surface area contributed by atoms with Gasteiger partial charge in [-0.25, -0.2) is 22.9 Å². The van der Waals surface area contributed by atoms with Crippen LogP contribution in [0.4, 0.5) is 22.7 Å². The minimum Gasteiger partial charge on any atom is -0.871 e. The monoisotopic (exact) mass is 817 g/mol. The Morgan fingerprint density at radius 2 is 1.22 bits per heavy atom. The van der Waals surface area contributed by atoms with E-state index in [9.17, 15) is 37.3 Å². The van der Waals surface area contributed by atoms with Crippen molar-refractivity contribution in [1.82, 2.24) is 19.6 Å². The first-order valence-electron chi connectivity index (χ1n) is 14.7. The number of aryl methyl sites for hydroxylation is 2. The molecular formula is C32H26CrN10NaO8S2. The van der Waals surface area contributed by atoms with E-state index in [1.165, 1.54) is 4.68 Å². The molecule has 2 heterocycles. The van der Waals surface area contributed by atoms with Crippen molar-refractivity contribution in [1.29, 1.82) is 4.78 Å². The molecule has 271 valence electrons. The maximum atomic E-state index is 12.5. The molecule has 54 heavy (non-hydrogen) atoms. The first-order valence-corrected chi connectivity index (χ1v) is 17.7. The fraction of sp³-hybridized carbons (Fsp3) is 0.0625. The number of nitrogens with one attached hydrogen (secondary N) is 2. The molecule has 6 rings (SSSR count). The predicted octanol–water partition coefficient (Wildman–Crippen LogP) is 0.891. The van der Waals surface area contributed by atoms with E-state index in [4.69, 9.17) is 9.92 Å². The minimum absolute atomic E-state index is 0. The van der Waals surface area contributed by atoms with E-state index in [1.807, 2.05) is 6.07 Å². The van der Waals surface area contributed by atoms with Crippen LogP contribution in [0.25, 0.3) is 11.4 Å². The Balaban J connectivity index is 0.000000280. The number of para-hydroxylation sites is 2. The molecule has 0 amide bonds. The molecular weight excluding hydrogens is 792 g/mol. The summed E-state index contributed by atoms with van der Waals surface area (Å²) in [5.41, 5.74) is 0.884. The predicted molar refractivity (Wildman–Crippen MR) is 180 cm³/mol. The summed E-state index contributed by atoms with van der Waals surface area (Å²) in [5, 5.41) is 63.2. The SMILES string of the molecule is Cc1[nH]n(-c2ccccc2)c(=O)c1N=Nc1cc(S(N)(=O)=O)ccc1[O-].Cc1nn(-c2ccccc2)c([O-])c1N=Nc1cc(S(=N)(=O)[O-])ccc1[O-].[Cr+3].[Na+]. The second-order valence-electron chi connectivity index (χ2n) is 10.8. The average Bonchev–Trinajstić information content (AvgIpc) is 3.56. The normalized spacial score (nSPS) is 12.4. The maximum absolute atomic E-state index is 12.5. The van der Waals surface area contributed by atoms with E-state index in [1.54, 1.807) is 68.4 Å². The summed E-state index contributed by atoms with van der Waals surface area (Å²) >= 11 is 0. The molecule has 22 heteroatoms. The molecule has 18 nitrogen and oxygen atoms in total. The number of hydrogen-bond donors (Lipinski definition) is 3. The third kappa shape index (κ3) is 10.2. The molecule has 4 N–H and O–H groups in total. The third-order valence-corrected chi connectivity index (χ3v) is 8.84. The van der Waals surface area contributed by atoms with Crippen molar-refractivity contribution in [3.63, 3.8) is 0 Å². The Bertz CT molecular complexity index is 2620. The number of hydrogen-bond acceptors (Lipinski definition) is 14. The summed E-state index contributed by atoms with van der Waals surface area (Å²) in [4.78, 5) is 11.9. The van der Waals surface area contributed by atoms with E-state index >= 15 is 0 Å². The van der Waals surface area contributed by atoms with Crippen LogP contribution in [0.15, 0.2) is 132 Å². The summed E-state index contributed by atoms with van der Waals surface area (Å²) in [6.07, 6.45) is 0. The Labute approximate surface area is 341 Å². The van der Waals surface area contributed by atoms with Gasteiger partial charge in [-0.3, -0.25) is 18.9 Å². The van der Waals surface area contributed by atoms with E-state index in [-0.39, 0.29) is 79.5 Å². The quantitative estimate of drug-likeness (QED) is 0.145. The molecule has 0 aliphatic heterocycles. The standard InChI is InChI=1S/2C16H15N5O4S.Cr.Na/c2*1-10-15(16(23)21(20-10)11-5-3-2-4-6-11)19-18-13-9-12(26(17,24)25)7-8-14(13)22;;/h2-9,22-23H,1H3,(H2,17,24,25);2-9,20,22H,1H3,(H2,17,24,25);;/q;;+3;+1/p-4. The number of aromatic amines is 1. The number of benzene rings is 4. The van der Waals surface area contributed by atoms with Gasteiger partial charge in [0.15, 0.2) is 5.69 Å². The smallest absolute Gasteiger partial charge is 0.871 e. The second kappa shape index (κ2) is 17.9. The largest absolute Gasteiger partial charge is 3.00 e. The van der Waals surface area contributed by atoms with Crippen molar-refractivity contribution in [2.75, 3.05) is 0 Å². The van der Waals surface area contributed by atoms with Crippen molar-refractivity contribution >= 4 is 42.8 Å². The van der Waals surface area contributed by atoms with Gasteiger partial charge in [0.2, 0.25) is 10.0 Å². The van der Waals surface area contributed by atoms with E-state index in [0.717, 1.165) is 41.1 Å². The number of nitrogens with two attached hydrogens (primary N) is 1. The first kappa shape index (κ1) is 43.5. The van der Waals surface area contributed by atoms with Crippen molar-refractivity contribution in [2.24, 2.45) is 25.6 Å². The van der Waals surface area contributed by atoms with Crippen LogP contribution >= 0.6 is 0 Å². The molecule has 0 bridgehead atoms. The number of aromatic nitrogens is 4. The molecule has 4 aromatic carbocycles. The van der Waals surface area contributed by atoms with Gasteiger partial charge in [-0.1, -0.05) is 60.0 Å². The van der Waals surface area contributed by atoms with Crippen molar-refractivity contribution in [2.45, 2.75) is 23.6 Å².